The molecule has 0 aliphatic heterocycles. The van der Waals surface area contributed by atoms with Crippen molar-refractivity contribution in [3.05, 3.63) is 33.4 Å². The van der Waals surface area contributed by atoms with Crippen LogP contribution in [0.25, 0.3) is 0 Å². The van der Waals surface area contributed by atoms with E-state index in [1.807, 2.05) is 0 Å². The van der Waals surface area contributed by atoms with Gasteiger partial charge in [0.2, 0.25) is 0 Å². The molecule has 1 aromatic rings. The predicted molar refractivity (Wildman–Crippen MR) is 63.8 cm³/mol. The van der Waals surface area contributed by atoms with Crippen LogP contribution >= 0.6 is 38.5 Å². The van der Waals surface area contributed by atoms with E-state index in [4.69, 9.17) is 0 Å². The quantitative estimate of drug-likeness (QED) is 0.569. The van der Waals surface area contributed by atoms with Crippen LogP contribution < -0.4 is 0 Å². The zero-order valence-electron chi connectivity index (χ0n) is 6.63. The molecule has 0 aromatic heterocycles. The smallest absolute Gasteiger partial charge is 0.0133 e. The topological polar surface area (TPSA) is 0 Å². The molecule has 0 nitrogen and oxygen atoms in total. The average molecular weight is 337 g/mol. The second-order valence-electron chi connectivity index (χ2n) is 3.31. The Hall–Kier alpha value is 0.430. The number of rotatable bonds is 2. The monoisotopic (exact) mass is 336 g/mol. The fourth-order valence-corrected chi connectivity index (χ4v) is 2.85. The summed E-state index contributed by atoms with van der Waals surface area (Å²) in [5.41, 5.74) is 1.52. The van der Waals surface area contributed by atoms with Crippen LogP contribution in [0.3, 0.4) is 0 Å². The van der Waals surface area contributed by atoms with Crippen molar-refractivity contribution in [1.29, 1.82) is 0 Å². The van der Waals surface area contributed by atoms with Crippen LogP contribution in [-0.4, -0.2) is 5.33 Å². The van der Waals surface area contributed by atoms with E-state index in [-0.39, 0.29) is 0 Å². The summed E-state index contributed by atoms with van der Waals surface area (Å²) in [6, 6.07) is 8.85. The number of benzene rings is 1. The molecule has 0 saturated heterocycles. The van der Waals surface area contributed by atoms with Gasteiger partial charge in [-0.05, 0) is 58.5 Å². The largest absolute Gasteiger partial charge is 0.0925 e. The molecule has 2 rings (SSSR count). The molecule has 1 saturated carbocycles. The Bertz CT molecular complexity index is 285. The Labute approximate surface area is 95.0 Å². The first-order valence-corrected chi connectivity index (χ1v) is 6.32. The summed E-state index contributed by atoms with van der Waals surface area (Å²) in [6.45, 7) is 0. The van der Waals surface area contributed by atoms with Gasteiger partial charge in [0.25, 0.3) is 0 Å². The third kappa shape index (κ3) is 1.84. The fourth-order valence-electron chi connectivity index (χ4n) is 1.56. The van der Waals surface area contributed by atoms with Gasteiger partial charge in [-0.3, -0.25) is 0 Å². The van der Waals surface area contributed by atoms with Gasteiger partial charge in [-0.2, -0.15) is 0 Å². The first-order valence-electron chi connectivity index (χ1n) is 4.12. The summed E-state index contributed by atoms with van der Waals surface area (Å²) in [5.74, 6) is 1.72. The SMILES string of the molecule is BrCC1CC1c1cccc(I)c1. The Kier molecular flexibility index (Phi) is 2.75. The van der Waals surface area contributed by atoms with Crippen LogP contribution in [0.4, 0.5) is 0 Å². The van der Waals surface area contributed by atoms with Gasteiger partial charge in [-0.25, -0.2) is 0 Å². The van der Waals surface area contributed by atoms with Gasteiger partial charge < -0.3 is 0 Å². The average Bonchev–Trinajstić information content (AvgIpc) is 2.83. The van der Waals surface area contributed by atoms with E-state index in [0.717, 1.165) is 17.2 Å². The summed E-state index contributed by atoms with van der Waals surface area (Å²) in [5, 5.41) is 1.16. The first-order chi connectivity index (χ1) is 5.81. The second kappa shape index (κ2) is 3.66. The third-order valence-electron chi connectivity index (χ3n) is 2.40. The van der Waals surface area contributed by atoms with Gasteiger partial charge in [-0.15, -0.1) is 0 Å². The normalized spacial score (nSPS) is 27.2. The van der Waals surface area contributed by atoms with Crippen LogP contribution in [0.5, 0.6) is 0 Å². The molecule has 2 unspecified atom stereocenters. The zero-order chi connectivity index (χ0) is 8.55. The molecular weight excluding hydrogens is 327 g/mol. The molecule has 64 valence electrons. The molecular formula is C10H10BrI. The number of halogens is 2. The molecule has 1 fully saturated rings. The second-order valence-corrected chi connectivity index (χ2v) is 5.20. The molecule has 0 bridgehead atoms. The van der Waals surface area contributed by atoms with Gasteiger partial charge in [0.1, 0.15) is 0 Å². The third-order valence-corrected chi connectivity index (χ3v) is 3.90. The van der Waals surface area contributed by atoms with E-state index < -0.39 is 0 Å². The lowest BCUT2D eigenvalue weighted by molar-refractivity contribution is 0.936. The van der Waals surface area contributed by atoms with Crippen LogP contribution in [0.15, 0.2) is 24.3 Å². The molecule has 2 atom stereocenters. The van der Waals surface area contributed by atoms with E-state index in [1.165, 1.54) is 15.6 Å². The van der Waals surface area contributed by atoms with Crippen molar-refractivity contribution >= 4 is 38.5 Å². The fraction of sp³-hybridized carbons (Fsp3) is 0.400. The van der Waals surface area contributed by atoms with Gasteiger partial charge in [0, 0.05) is 8.90 Å². The Morgan fingerprint density at radius 2 is 2.33 bits per heavy atom. The van der Waals surface area contributed by atoms with Gasteiger partial charge >= 0.3 is 0 Å². The minimum Gasteiger partial charge on any atom is -0.0925 e. The zero-order valence-corrected chi connectivity index (χ0v) is 10.4. The molecule has 0 amide bonds. The van der Waals surface area contributed by atoms with Crippen molar-refractivity contribution in [2.75, 3.05) is 5.33 Å². The highest BCUT2D eigenvalue weighted by atomic mass is 127. The first kappa shape index (κ1) is 9.00. The minimum absolute atomic E-state index is 0.832. The molecule has 1 aliphatic carbocycles. The lowest BCUT2D eigenvalue weighted by atomic mass is 10.1. The molecule has 2 heteroatoms. The maximum absolute atomic E-state index is 3.53. The lowest BCUT2D eigenvalue weighted by Gasteiger charge is -1.98. The molecule has 1 aliphatic rings. The summed E-state index contributed by atoms with van der Waals surface area (Å²) >= 11 is 5.90. The number of alkyl halides is 1. The van der Waals surface area contributed by atoms with E-state index in [1.54, 1.807) is 0 Å². The van der Waals surface area contributed by atoms with Gasteiger partial charge in [-0.1, -0.05) is 28.1 Å². The maximum atomic E-state index is 3.53. The van der Waals surface area contributed by atoms with Gasteiger partial charge in [0.05, 0.1) is 0 Å². The van der Waals surface area contributed by atoms with Crippen molar-refractivity contribution in [3.8, 4) is 0 Å². The molecule has 0 heterocycles. The minimum atomic E-state index is 0.832. The summed E-state index contributed by atoms with van der Waals surface area (Å²) in [4.78, 5) is 0. The van der Waals surface area contributed by atoms with E-state index in [9.17, 15) is 0 Å². The number of hydrogen-bond donors (Lipinski definition) is 0. The van der Waals surface area contributed by atoms with Crippen molar-refractivity contribution in [1.82, 2.24) is 0 Å². The van der Waals surface area contributed by atoms with Crippen molar-refractivity contribution in [2.45, 2.75) is 12.3 Å². The Balaban J connectivity index is 2.14. The lowest BCUT2D eigenvalue weighted by Crippen LogP contribution is -1.84. The highest BCUT2D eigenvalue weighted by molar-refractivity contribution is 14.1. The number of hydrogen-bond acceptors (Lipinski definition) is 0. The molecule has 12 heavy (non-hydrogen) atoms. The summed E-state index contributed by atoms with van der Waals surface area (Å²) in [7, 11) is 0. The molecule has 0 N–H and O–H groups in total. The van der Waals surface area contributed by atoms with Crippen LogP contribution in [0.1, 0.15) is 17.9 Å². The van der Waals surface area contributed by atoms with Crippen LogP contribution in [-0.2, 0) is 0 Å². The molecule has 0 spiro atoms. The Morgan fingerprint density at radius 3 is 2.92 bits per heavy atom. The summed E-state index contributed by atoms with van der Waals surface area (Å²) in [6.07, 6.45) is 1.37. The molecule has 0 radical (unpaired) electrons. The van der Waals surface area contributed by atoms with E-state index >= 15 is 0 Å². The van der Waals surface area contributed by atoms with Crippen LogP contribution in [0.2, 0.25) is 0 Å². The predicted octanol–water partition coefficient (Wildman–Crippen LogP) is 3.79. The highest BCUT2D eigenvalue weighted by Gasteiger charge is 2.36. The van der Waals surface area contributed by atoms with E-state index in [0.29, 0.717) is 0 Å². The van der Waals surface area contributed by atoms with Gasteiger partial charge in [0.15, 0.2) is 0 Å². The standard InChI is InChI=1S/C10H10BrI/c11-6-8-5-10(8)7-2-1-3-9(12)4-7/h1-4,8,10H,5-6H2. The summed E-state index contributed by atoms with van der Waals surface area (Å²) < 4.78 is 1.35. The Morgan fingerprint density at radius 1 is 1.50 bits per heavy atom. The molecule has 1 aromatic carbocycles. The van der Waals surface area contributed by atoms with Crippen molar-refractivity contribution < 1.29 is 0 Å². The highest BCUT2D eigenvalue weighted by Crippen LogP contribution is 2.48. The van der Waals surface area contributed by atoms with Crippen molar-refractivity contribution in [3.63, 3.8) is 0 Å². The van der Waals surface area contributed by atoms with E-state index in [2.05, 4.69) is 62.8 Å². The van der Waals surface area contributed by atoms with Crippen molar-refractivity contribution in [2.24, 2.45) is 5.92 Å². The maximum Gasteiger partial charge on any atom is 0.0133 e. The van der Waals surface area contributed by atoms with Crippen LogP contribution in [0, 0.1) is 9.49 Å².